The van der Waals surface area contributed by atoms with Crippen LogP contribution in [0, 0.1) is 0 Å². The van der Waals surface area contributed by atoms with Gasteiger partial charge in [-0.3, -0.25) is 4.79 Å². The van der Waals surface area contributed by atoms with Crippen molar-refractivity contribution >= 4 is 5.97 Å². The summed E-state index contributed by atoms with van der Waals surface area (Å²) in [6.45, 7) is 5.04. The third kappa shape index (κ3) is 3.22. The lowest BCUT2D eigenvalue weighted by atomic mass is 10.1. The lowest BCUT2D eigenvalue weighted by Gasteiger charge is -2.11. The highest BCUT2D eigenvalue weighted by atomic mass is 16.5. The molecule has 1 aromatic rings. The van der Waals surface area contributed by atoms with E-state index < -0.39 is 0 Å². The van der Waals surface area contributed by atoms with Gasteiger partial charge in [0.2, 0.25) is 0 Å². The molecule has 0 radical (unpaired) electrons. The Balaban J connectivity index is 2.79. The number of methoxy groups -OCH3 is 1. The van der Waals surface area contributed by atoms with Crippen molar-refractivity contribution in [3.63, 3.8) is 0 Å². The van der Waals surface area contributed by atoms with Gasteiger partial charge in [-0.15, -0.1) is 6.58 Å². The van der Waals surface area contributed by atoms with Crippen LogP contribution in [0.5, 0.6) is 5.75 Å². The zero-order valence-corrected chi connectivity index (χ0v) is 8.90. The molecule has 0 aliphatic heterocycles. The summed E-state index contributed by atoms with van der Waals surface area (Å²) in [5.41, 5.74) is 0.975. The van der Waals surface area contributed by atoms with E-state index in [1.807, 2.05) is 12.1 Å². The molecule has 3 nitrogen and oxygen atoms in total. The molecule has 0 heterocycles. The normalized spacial score (nSPS) is 11.9. The van der Waals surface area contributed by atoms with Gasteiger partial charge >= 0.3 is 5.97 Å². The van der Waals surface area contributed by atoms with Gasteiger partial charge < -0.3 is 9.47 Å². The van der Waals surface area contributed by atoms with Crippen molar-refractivity contribution in [2.45, 2.75) is 13.0 Å². The minimum absolute atomic E-state index is 0.128. The second-order valence-corrected chi connectivity index (χ2v) is 3.05. The summed E-state index contributed by atoms with van der Waals surface area (Å²) in [6.07, 6.45) is 1.58. The molecule has 0 saturated heterocycles. The Morgan fingerprint density at radius 2 is 2.00 bits per heavy atom. The maximum absolute atomic E-state index is 10.7. The fourth-order valence-electron chi connectivity index (χ4n) is 1.26. The molecule has 0 bridgehead atoms. The fraction of sp³-hybridized carbons (Fsp3) is 0.250. The van der Waals surface area contributed by atoms with E-state index in [-0.39, 0.29) is 12.1 Å². The van der Waals surface area contributed by atoms with E-state index in [4.69, 9.17) is 9.47 Å². The molecule has 0 unspecified atom stereocenters. The number of esters is 1. The van der Waals surface area contributed by atoms with Gasteiger partial charge in [-0.1, -0.05) is 18.2 Å². The van der Waals surface area contributed by atoms with Crippen LogP contribution in [0.2, 0.25) is 0 Å². The van der Waals surface area contributed by atoms with Crippen LogP contribution in [0.15, 0.2) is 36.9 Å². The van der Waals surface area contributed by atoms with Crippen LogP contribution in [0.4, 0.5) is 0 Å². The van der Waals surface area contributed by atoms with Crippen molar-refractivity contribution in [2.75, 3.05) is 7.11 Å². The summed E-state index contributed by atoms with van der Waals surface area (Å²) in [4.78, 5) is 10.7. The molecule has 0 saturated carbocycles. The highest BCUT2D eigenvalue weighted by Gasteiger charge is 2.05. The Morgan fingerprint density at radius 1 is 1.40 bits per heavy atom. The Bertz CT molecular complexity index is 340. The lowest BCUT2D eigenvalue weighted by Crippen LogP contribution is -2.02. The van der Waals surface area contributed by atoms with Crippen LogP contribution in [-0.4, -0.2) is 13.1 Å². The first-order chi connectivity index (χ1) is 7.17. The second-order valence-electron chi connectivity index (χ2n) is 3.05. The number of carbonyl (C=O) groups excluding carboxylic acids is 1. The van der Waals surface area contributed by atoms with E-state index in [0.717, 1.165) is 5.56 Å². The monoisotopic (exact) mass is 206 g/mol. The Kier molecular flexibility index (Phi) is 4.06. The standard InChI is InChI=1S/C12H14O3/c1-4-12(14-3)10-5-7-11(8-6-10)15-9(2)13/h4-8,12H,1H2,2-3H3/t12-/m0/s1. The number of rotatable bonds is 4. The minimum atomic E-state index is -0.324. The lowest BCUT2D eigenvalue weighted by molar-refractivity contribution is -0.131. The summed E-state index contributed by atoms with van der Waals surface area (Å²) in [5.74, 6) is 0.208. The zero-order chi connectivity index (χ0) is 11.3. The van der Waals surface area contributed by atoms with Gasteiger partial charge in [0, 0.05) is 14.0 Å². The summed E-state index contributed by atoms with van der Waals surface area (Å²) in [7, 11) is 1.62. The van der Waals surface area contributed by atoms with Crippen LogP contribution in [-0.2, 0) is 9.53 Å². The van der Waals surface area contributed by atoms with Crippen molar-refractivity contribution in [1.29, 1.82) is 0 Å². The first kappa shape index (κ1) is 11.5. The van der Waals surface area contributed by atoms with Crippen molar-refractivity contribution in [2.24, 2.45) is 0 Å². The molecule has 1 atom stereocenters. The largest absolute Gasteiger partial charge is 0.427 e. The van der Waals surface area contributed by atoms with Gasteiger partial charge in [-0.25, -0.2) is 0 Å². The molecular weight excluding hydrogens is 192 g/mol. The Morgan fingerprint density at radius 3 is 2.40 bits per heavy atom. The van der Waals surface area contributed by atoms with E-state index in [9.17, 15) is 4.79 Å². The van der Waals surface area contributed by atoms with Crippen LogP contribution < -0.4 is 4.74 Å². The zero-order valence-electron chi connectivity index (χ0n) is 8.90. The third-order valence-corrected chi connectivity index (χ3v) is 1.94. The maximum atomic E-state index is 10.7. The molecule has 1 rings (SSSR count). The predicted octanol–water partition coefficient (Wildman–Crippen LogP) is 2.49. The van der Waals surface area contributed by atoms with Crippen molar-refractivity contribution < 1.29 is 14.3 Å². The SMILES string of the molecule is C=C[C@H](OC)c1ccc(OC(C)=O)cc1. The highest BCUT2D eigenvalue weighted by Crippen LogP contribution is 2.20. The molecule has 0 aromatic heterocycles. The highest BCUT2D eigenvalue weighted by molar-refractivity contribution is 5.69. The predicted molar refractivity (Wildman–Crippen MR) is 57.7 cm³/mol. The van der Waals surface area contributed by atoms with Crippen molar-refractivity contribution in [3.8, 4) is 5.75 Å². The summed E-state index contributed by atoms with van der Waals surface area (Å²) < 4.78 is 10.1. The van der Waals surface area contributed by atoms with E-state index in [1.165, 1.54) is 6.92 Å². The van der Waals surface area contributed by atoms with Gasteiger partial charge in [0.15, 0.2) is 0 Å². The third-order valence-electron chi connectivity index (χ3n) is 1.94. The number of hydrogen-bond donors (Lipinski definition) is 0. The van der Waals surface area contributed by atoms with Crippen LogP contribution >= 0.6 is 0 Å². The molecule has 1 aromatic carbocycles. The second kappa shape index (κ2) is 5.32. The molecule has 3 heteroatoms. The molecule has 0 N–H and O–H groups in total. The van der Waals surface area contributed by atoms with E-state index in [1.54, 1.807) is 25.3 Å². The Hall–Kier alpha value is -1.61. The van der Waals surface area contributed by atoms with Crippen LogP contribution in [0.1, 0.15) is 18.6 Å². The molecule has 0 fully saturated rings. The van der Waals surface area contributed by atoms with Gasteiger partial charge in [0.1, 0.15) is 5.75 Å². The number of carbonyl (C=O) groups is 1. The van der Waals surface area contributed by atoms with Gasteiger partial charge in [-0.2, -0.15) is 0 Å². The van der Waals surface area contributed by atoms with Crippen molar-refractivity contribution in [3.05, 3.63) is 42.5 Å². The topological polar surface area (TPSA) is 35.5 Å². The molecule has 0 aliphatic carbocycles. The number of ether oxygens (including phenoxy) is 2. The smallest absolute Gasteiger partial charge is 0.308 e. The quantitative estimate of drug-likeness (QED) is 0.431. The summed E-state index contributed by atoms with van der Waals surface area (Å²) in [6, 6.07) is 7.14. The first-order valence-electron chi connectivity index (χ1n) is 4.61. The minimum Gasteiger partial charge on any atom is -0.427 e. The molecule has 80 valence electrons. The molecule has 0 spiro atoms. The van der Waals surface area contributed by atoms with Gasteiger partial charge in [-0.05, 0) is 17.7 Å². The van der Waals surface area contributed by atoms with E-state index >= 15 is 0 Å². The molecule has 0 amide bonds. The summed E-state index contributed by atoms with van der Waals surface area (Å²) in [5, 5.41) is 0. The Labute approximate surface area is 89.3 Å². The van der Waals surface area contributed by atoms with Gasteiger partial charge in [0.25, 0.3) is 0 Å². The number of benzene rings is 1. The average Bonchev–Trinajstić information content (AvgIpc) is 2.21. The maximum Gasteiger partial charge on any atom is 0.308 e. The average molecular weight is 206 g/mol. The fourth-order valence-corrected chi connectivity index (χ4v) is 1.26. The first-order valence-corrected chi connectivity index (χ1v) is 4.61. The summed E-state index contributed by atoms with van der Waals surface area (Å²) >= 11 is 0. The number of hydrogen-bond acceptors (Lipinski definition) is 3. The molecule has 0 aliphatic rings. The van der Waals surface area contributed by atoms with E-state index in [0.29, 0.717) is 5.75 Å². The molecular formula is C12H14O3. The van der Waals surface area contributed by atoms with Crippen LogP contribution in [0.3, 0.4) is 0 Å². The van der Waals surface area contributed by atoms with Gasteiger partial charge in [0.05, 0.1) is 6.10 Å². The van der Waals surface area contributed by atoms with E-state index in [2.05, 4.69) is 6.58 Å². The molecule has 15 heavy (non-hydrogen) atoms. The van der Waals surface area contributed by atoms with Crippen LogP contribution in [0.25, 0.3) is 0 Å². The van der Waals surface area contributed by atoms with Crippen molar-refractivity contribution in [1.82, 2.24) is 0 Å².